The summed E-state index contributed by atoms with van der Waals surface area (Å²) in [6.07, 6.45) is 1.50. The third-order valence-electron chi connectivity index (χ3n) is 1.39. The molecule has 0 aliphatic heterocycles. The summed E-state index contributed by atoms with van der Waals surface area (Å²) in [5, 5.41) is 0.753. The number of esters is 1. The number of aromatic nitrogens is 1. The number of thiazole rings is 1. The van der Waals surface area contributed by atoms with Crippen LogP contribution in [-0.2, 0) is 4.74 Å². The van der Waals surface area contributed by atoms with Gasteiger partial charge in [-0.15, -0.1) is 23.7 Å². The summed E-state index contributed by atoms with van der Waals surface area (Å²) in [5.74, 6) is -0.327. The largest absolute Gasteiger partial charge is 0.462 e. The fourth-order valence-electron chi connectivity index (χ4n) is 0.795. The zero-order valence-electron chi connectivity index (χ0n) is 8.02. The second kappa shape index (κ2) is 5.95. The molecule has 0 unspecified atom stereocenters. The van der Waals surface area contributed by atoms with E-state index in [1.165, 1.54) is 17.5 Å². The van der Waals surface area contributed by atoms with Crippen LogP contribution >= 0.6 is 23.7 Å². The van der Waals surface area contributed by atoms with Crippen LogP contribution < -0.4 is 5.73 Å². The van der Waals surface area contributed by atoms with Crippen molar-refractivity contribution in [3.8, 4) is 0 Å². The van der Waals surface area contributed by atoms with E-state index >= 15 is 0 Å². The number of halogens is 1. The van der Waals surface area contributed by atoms with Crippen molar-refractivity contribution in [2.24, 2.45) is 5.73 Å². The van der Waals surface area contributed by atoms with Crippen molar-refractivity contribution in [2.75, 3.05) is 6.61 Å². The first kappa shape index (κ1) is 13.4. The van der Waals surface area contributed by atoms with Crippen molar-refractivity contribution in [3.63, 3.8) is 0 Å². The first-order valence-corrected chi connectivity index (χ1v) is 4.85. The molecule has 1 aromatic heterocycles. The lowest BCUT2D eigenvalue weighted by Crippen LogP contribution is -2.03. The van der Waals surface area contributed by atoms with Gasteiger partial charge in [-0.25, -0.2) is 9.78 Å². The van der Waals surface area contributed by atoms with Crippen LogP contribution in [0.2, 0.25) is 0 Å². The van der Waals surface area contributed by atoms with Crippen molar-refractivity contribution in [2.45, 2.75) is 19.9 Å². The van der Waals surface area contributed by atoms with E-state index in [9.17, 15) is 4.79 Å². The van der Waals surface area contributed by atoms with Gasteiger partial charge in [0.2, 0.25) is 0 Å². The Morgan fingerprint density at radius 1 is 1.79 bits per heavy atom. The average molecular weight is 237 g/mol. The predicted molar refractivity (Wildman–Crippen MR) is 57.9 cm³/mol. The van der Waals surface area contributed by atoms with Gasteiger partial charge in [-0.2, -0.15) is 0 Å². The first-order chi connectivity index (χ1) is 6.15. The van der Waals surface area contributed by atoms with Gasteiger partial charge in [0.15, 0.2) is 0 Å². The molecule has 0 radical (unpaired) electrons. The molecule has 0 aliphatic rings. The van der Waals surface area contributed by atoms with Crippen LogP contribution in [0.3, 0.4) is 0 Å². The second-order valence-corrected chi connectivity index (χ2v) is 3.63. The number of carbonyl (C=O) groups is 1. The number of ether oxygens (including phenoxy) is 1. The van der Waals surface area contributed by atoms with Crippen molar-refractivity contribution in [1.29, 1.82) is 0 Å². The summed E-state index contributed by atoms with van der Waals surface area (Å²) in [4.78, 5) is 15.7. The summed E-state index contributed by atoms with van der Waals surface area (Å²) >= 11 is 1.28. The van der Waals surface area contributed by atoms with Gasteiger partial charge in [-0.1, -0.05) is 0 Å². The van der Waals surface area contributed by atoms with Gasteiger partial charge in [0, 0.05) is 0 Å². The maximum Gasteiger partial charge on any atom is 0.349 e. The van der Waals surface area contributed by atoms with E-state index in [2.05, 4.69) is 4.98 Å². The molecule has 0 amide bonds. The van der Waals surface area contributed by atoms with Crippen molar-refractivity contribution >= 4 is 29.7 Å². The number of hydrogen-bond acceptors (Lipinski definition) is 5. The molecule has 1 atom stereocenters. The van der Waals surface area contributed by atoms with Crippen molar-refractivity contribution < 1.29 is 9.53 Å². The fraction of sp³-hybridized carbons (Fsp3) is 0.500. The highest BCUT2D eigenvalue weighted by Gasteiger charge is 2.12. The molecular formula is C8H13ClN2O2S. The topological polar surface area (TPSA) is 65.2 Å². The van der Waals surface area contributed by atoms with Gasteiger partial charge in [0.25, 0.3) is 0 Å². The van der Waals surface area contributed by atoms with Crippen LogP contribution in [0.1, 0.15) is 34.6 Å². The minimum absolute atomic E-state index is 0. The maximum atomic E-state index is 11.2. The minimum Gasteiger partial charge on any atom is -0.462 e. The molecule has 0 saturated heterocycles. The summed E-state index contributed by atoms with van der Waals surface area (Å²) in [6.45, 7) is 3.98. The molecule has 1 aromatic rings. The van der Waals surface area contributed by atoms with E-state index in [0.29, 0.717) is 11.5 Å². The molecule has 0 spiro atoms. The molecule has 1 heterocycles. The zero-order chi connectivity index (χ0) is 9.84. The summed E-state index contributed by atoms with van der Waals surface area (Å²) in [7, 11) is 0. The lowest BCUT2D eigenvalue weighted by Gasteiger charge is -1.97. The number of nitrogens with two attached hydrogens (primary N) is 1. The van der Waals surface area contributed by atoms with E-state index in [4.69, 9.17) is 10.5 Å². The quantitative estimate of drug-likeness (QED) is 0.813. The van der Waals surface area contributed by atoms with E-state index < -0.39 is 0 Å². The normalized spacial score (nSPS) is 11.6. The number of nitrogens with zero attached hydrogens (tertiary/aromatic N) is 1. The van der Waals surface area contributed by atoms with Gasteiger partial charge in [-0.05, 0) is 13.8 Å². The SMILES string of the molecule is CCOC(=O)c1cnc([C@@H](C)N)s1.Cl. The van der Waals surface area contributed by atoms with Crippen LogP contribution in [0.25, 0.3) is 0 Å². The first-order valence-electron chi connectivity index (χ1n) is 4.03. The second-order valence-electron chi connectivity index (χ2n) is 2.57. The average Bonchev–Trinajstić information content (AvgIpc) is 2.52. The summed E-state index contributed by atoms with van der Waals surface area (Å²) in [6, 6.07) is -0.131. The van der Waals surface area contributed by atoms with Crippen molar-refractivity contribution in [3.05, 3.63) is 16.1 Å². The van der Waals surface area contributed by atoms with E-state index in [1.54, 1.807) is 6.92 Å². The van der Waals surface area contributed by atoms with Crippen LogP contribution in [0.4, 0.5) is 0 Å². The Morgan fingerprint density at radius 3 is 2.86 bits per heavy atom. The molecule has 0 aliphatic carbocycles. The van der Waals surface area contributed by atoms with Gasteiger partial charge < -0.3 is 10.5 Å². The number of rotatable bonds is 3. The third kappa shape index (κ3) is 3.25. The molecule has 0 saturated carbocycles. The summed E-state index contributed by atoms with van der Waals surface area (Å²) < 4.78 is 4.81. The Hall–Kier alpha value is -0.650. The van der Waals surface area contributed by atoms with E-state index in [1.807, 2.05) is 6.92 Å². The highest BCUT2D eigenvalue weighted by Crippen LogP contribution is 2.18. The van der Waals surface area contributed by atoms with Gasteiger partial charge >= 0.3 is 5.97 Å². The molecule has 14 heavy (non-hydrogen) atoms. The Kier molecular flexibility index (Phi) is 5.68. The van der Waals surface area contributed by atoms with Crippen LogP contribution in [0, 0.1) is 0 Å². The molecule has 6 heteroatoms. The lowest BCUT2D eigenvalue weighted by molar-refractivity contribution is 0.0532. The van der Waals surface area contributed by atoms with E-state index in [0.717, 1.165) is 5.01 Å². The fourth-order valence-corrected chi connectivity index (χ4v) is 1.56. The monoisotopic (exact) mass is 236 g/mol. The van der Waals surface area contributed by atoms with Crippen LogP contribution in [0.15, 0.2) is 6.20 Å². The maximum absolute atomic E-state index is 11.2. The number of carbonyl (C=O) groups excluding carboxylic acids is 1. The molecule has 80 valence electrons. The Balaban J connectivity index is 0.00000169. The summed E-state index contributed by atoms with van der Waals surface area (Å²) in [5.41, 5.74) is 5.60. The van der Waals surface area contributed by atoms with Crippen LogP contribution in [0.5, 0.6) is 0 Å². The molecule has 0 fully saturated rings. The lowest BCUT2D eigenvalue weighted by atomic mass is 10.4. The smallest absolute Gasteiger partial charge is 0.349 e. The zero-order valence-corrected chi connectivity index (χ0v) is 9.65. The molecule has 0 bridgehead atoms. The van der Waals surface area contributed by atoms with Gasteiger partial charge in [0.05, 0.1) is 18.8 Å². The molecule has 2 N–H and O–H groups in total. The highest BCUT2D eigenvalue weighted by atomic mass is 35.5. The Labute approximate surface area is 92.9 Å². The van der Waals surface area contributed by atoms with E-state index in [-0.39, 0.29) is 24.4 Å². The van der Waals surface area contributed by atoms with Crippen molar-refractivity contribution in [1.82, 2.24) is 4.98 Å². The molecular weight excluding hydrogens is 224 g/mol. The third-order valence-corrected chi connectivity index (χ3v) is 2.57. The standard InChI is InChI=1S/C8H12N2O2S.ClH/c1-3-12-8(11)6-4-10-7(13-6)5(2)9;/h4-5H,3,9H2,1-2H3;1H/t5-;/m1./s1. The predicted octanol–water partition coefficient (Wildman–Crippen LogP) is 1.76. The molecule has 0 aromatic carbocycles. The van der Waals surface area contributed by atoms with Gasteiger partial charge in [0.1, 0.15) is 9.88 Å². The van der Waals surface area contributed by atoms with Crippen LogP contribution in [-0.4, -0.2) is 17.6 Å². The van der Waals surface area contributed by atoms with Gasteiger partial charge in [-0.3, -0.25) is 0 Å². The molecule has 1 rings (SSSR count). The number of hydrogen-bond donors (Lipinski definition) is 1. The molecule has 4 nitrogen and oxygen atoms in total. The Bertz CT molecular complexity index is 301. The Morgan fingerprint density at radius 2 is 2.43 bits per heavy atom. The minimum atomic E-state index is -0.327. The highest BCUT2D eigenvalue weighted by molar-refractivity contribution is 7.13.